The van der Waals surface area contributed by atoms with Crippen molar-refractivity contribution in [3.05, 3.63) is 37.9 Å². The first-order valence-electron chi connectivity index (χ1n) is 4.19. The summed E-state index contributed by atoms with van der Waals surface area (Å²) in [5, 5.41) is 21.1. The molecule has 18 heavy (non-hydrogen) atoms. The van der Waals surface area contributed by atoms with Gasteiger partial charge in [0.2, 0.25) is 5.96 Å². The molecular formula is C8H8Cl3N5O2. The molecule has 98 valence electrons. The molecular weight excluding hydrogens is 304 g/mol. The minimum absolute atomic E-state index is 0. The van der Waals surface area contributed by atoms with Crippen LogP contribution in [-0.4, -0.2) is 17.1 Å². The standard InChI is InChI=1S/C8H7Cl2N5O2.ClH/c9-5-1-2-6(15(16)17)7(10)4(5)3-13-14-8(11)12;/h1-3H,(H4,11,12,14);1H. The summed E-state index contributed by atoms with van der Waals surface area (Å²) in [5.74, 6) is -0.376. The summed E-state index contributed by atoms with van der Waals surface area (Å²) in [4.78, 5) is 10.0. The third-order valence-electron chi connectivity index (χ3n) is 1.68. The largest absolute Gasteiger partial charge is 0.369 e. The molecule has 0 amide bonds. The van der Waals surface area contributed by atoms with E-state index in [1.54, 1.807) is 0 Å². The number of benzene rings is 1. The number of guanidine groups is 1. The van der Waals surface area contributed by atoms with Crippen LogP contribution in [0.4, 0.5) is 5.69 Å². The van der Waals surface area contributed by atoms with E-state index in [0.29, 0.717) is 0 Å². The van der Waals surface area contributed by atoms with Gasteiger partial charge in [0.15, 0.2) is 0 Å². The van der Waals surface area contributed by atoms with Gasteiger partial charge in [-0.05, 0) is 6.07 Å². The van der Waals surface area contributed by atoms with E-state index < -0.39 is 4.92 Å². The first-order valence-corrected chi connectivity index (χ1v) is 4.94. The second-order valence-corrected chi connectivity index (χ2v) is 3.62. The lowest BCUT2D eigenvalue weighted by atomic mass is 10.2. The molecule has 0 fully saturated rings. The fourth-order valence-electron chi connectivity index (χ4n) is 0.984. The Morgan fingerprint density at radius 1 is 1.56 bits per heavy atom. The molecule has 0 radical (unpaired) electrons. The monoisotopic (exact) mass is 311 g/mol. The van der Waals surface area contributed by atoms with Gasteiger partial charge in [-0.3, -0.25) is 15.5 Å². The summed E-state index contributed by atoms with van der Waals surface area (Å²) < 4.78 is 0. The van der Waals surface area contributed by atoms with E-state index in [1.807, 2.05) is 0 Å². The number of halogens is 3. The SMILES string of the molecule is Cl.N=C(N)NN=Cc1c(Cl)ccc([N+](=O)[O-])c1Cl. The van der Waals surface area contributed by atoms with Gasteiger partial charge in [0.1, 0.15) is 5.02 Å². The Morgan fingerprint density at radius 3 is 2.67 bits per heavy atom. The van der Waals surface area contributed by atoms with E-state index in [-0.39, 0.29) is 39.7 Å². The van der Waals surface area contributed by atoms with Gasteiger partial charge in [-0.2, -0.15) is 5.10 Å². The number of rotatable bonds is 3. The highest BCUT2D eigenvalue weighted by Gasteiger charge is 2.17. The van der Waals surface area contributed by atoms with Crippen LogP contribution in [-0.2, 0) is 0 Å². The van der Waals surface area contributed by atoms with Gasteiger partial charge in [0, 0.05) is 11.6 Å². The number of nitro benzene ring substituents is 1. The third-order valence-corrected chi connectivity index (χ3v) is 2.41. The molecule has 0 bridgehead atoms. The highest BCUT2D eigenvalue weighted by atomic mass is 35.5. The summed E-state index contributed by atoms with van der Waals surface area (Å²) in [7, 11) is 0. The van der Waals surface area contributed by atoms with E-state index in [4.69, 9.17) is 34.3 Å². The normalized spacial score (nSPS) is 9.89. The number of hydrogen-bond donors (Lipinski definition) is 3. The molecule has 4 N–H and O–H groups in total. The molecule has 1 aromatic rings. The van der Waals surface area contributed by atoms with Gasteiger partial charge in [-0.1, -0.05) is 23.2 Å². The fraction of sp³-hybridized carbons (Fsp3) is 0. The molecule has 0 aromatic heterocycles. The van der Waals surface area contributed by atoms with Gasteiger partial charge in [0.25, 0.3) is 5.69 Å². The fourth-order valence-corrected chi connectivity index (χ4v) is 1.52. The van der Waals surface area contributed by atoms with Crippen LogP contribution in [0.1, 0.15) is 5.56 Å². The average Bonchev–Trinajstić information content (AvgIpc) is 2.21. The summed E-state index contributed by atoms with van der Waals surface area (Å²) in [6.45, 7) is 0. The molecule has 7 nitrogen and oxygen atoms in total. The number of nitrogens with one attached hydrogen (secondary N) is 2. The van der Waals surface area contributed by atoms with Crippen molar-refractivity contribution in [2.45, 2.75) is 0 Å². The van der Waals surface area contributed by atoms with E-state index in [1.165, 1.54) is 12.1 Å². The van der Waals surface area contributed by atoms with Crippen molar-refractivity contribution in [1.29, 1.82) is 5.41 Å². The lowest BCUT2D eigenvalue weighted by Crippen LogP contribution is -2.25. The predicted molar refractivity (Wildman–Crippen MR) is 73.0 cm³/mol. The molecule has 0 heterocycles. The Hall–Kier alpha value is -1.57. The summed E-state index contributed by atoms with van der Waals surface area (Å²) >= 11 is 11.6. The summed E-state index contributed by atoms with van der Waals surface area (Å²) in [5.41, 5.74) is 7.04. The van der Waals surface area contributed by atoms with Crippen molar-refractivity contribution in [2.75, 3.05) is 0 Å². The molecule has 1 rings (SSSR count). The van der Waals surface area contributed by atoms with Crippen molar-refractivity contribution in [2.24, 2.45) is 10.8 Å². The molecule has 1 aromatic carbocycles. The second kappa shape index (κ2) is 7.00. The quantitative estimate of drug-likeness (QED) is 0.343. The second-order valence-electron chi connectivity index (χ2n) is 2.83. The van der Waals surface area contributed by atoms with Crippen LogP contribution in [0.2, 0.25) is 10.0 Å². The molecule has 0 saturated heterocycles. The van der Waals surface area contributed by atoms with Crippen LogP contribution in [0.15, 0.2) is 17.2 Å². The van der Waals surface area contributed by atoms with Gasteiger partial charge in [-0.15, -0.1) is 12.4 Å². The number of nitrogens with zero attached hydrogens (tertiary/aromatic N) is 2. The Labute approximate surface area is 118 Å². The molecule has 0 saturated carbocycles. The average molecular weight is 313 g/mol. The topological polar surface area (TPSA) is 117 Å². The first kappa shape index (κ1) is 16.4. The zero-order valence-corrected chi connectivity index (χ0v) is 11.0. The van der Waals surface area contributed by atoms with Crippen LogP contribution in [0, 0.1) is 15.5 Å². The number of nitrogens with two attached hydrogens (primary N) is 1. The van der Waals surface area contributed by atoms with E-state index in [0.717, 1.165) is 6.21 Å². The number of nitro groups is 1. The maximum absolute atomic E-state index is 10.6. The van der Waals surface area contributed by atoms with Gasteiger partial charge < -0.3 is 5.73 Å². The van der Waals surface area contributed by atoms with Crippen LogP contribution in [0.5, 0.6) is 0 Å². The van der Waals surface area contributed by atoms with Gasteiger partial charge in [-0.25, -0.2) is 5.43 Å². The maximum Gasteiger partial charge on any atom is 0.288 e. The van der Waals surface area contributed by atoms with Crippen molar-refractivity contribution in [3.63, 3.8) is 0 Å². The van der Waals surface area contributed by atoms with E-state index in [2.05, 4.69) is 10.5 Å². The minimum Gasteiger partial charge on any atom is -0.369 e. The smallest absolute Gasteiger partial charge is 0.288 e. The number of hydrazone groups is 1. The van der Waals surface area contributed by atoms with Crippen molar-refractivity contribution in [3.8, 4) is 0 Å². The Bertz CT molecular complexity index is 506. The lowest BCUT2D eigenvalue weighted by molar-refractivity contribution is -0.384. The van der Waals surface area contributed by atoms with Crippen molar-refractivity contribution in [1.82, 2.24) is 5.43 Å². The molecule has 0 atom stereocenters. The zero-order chi connectivity index (χ0) is 13.0. The number of hydrogen-bond acceptors (Lipinski definition) is 4. The maximum atomic E-state index is 10.6. The van der Waals surface area contributed by atoms with Crippen molar-refractivity contribution < 1.29 is 4.92 Å². The Kier molecular flexibility index (Phi) is 6.39. The van der Waals surface area contributed by atoms with Crippen LogP contribution < -0.4 is 11.2 Å². The van der Waals surface area contributed by atoms with Crippen LogP contribution in [0.3, 0.4) is 0 Å². The molecule has 0 aliphatic carbocycles. The highest BCUT2D eigenvalue weighted by molar-refractivity contribution is 6.40. The molecule has 0 spiro atoms. The predicted octanol–water partition coefficient (Wildman–Crippen LogP) is 2.14. The molecule has 0 aliphatic rings. The highest BCUT2D eigenvalue weighted by Crippen LogP contribution is 2.31. The van der Waals surface area contributed by atoms with Crippen LogP contribution >= 0.6 is 35.6 Å². The molecule has 10 heteroatoms. The van der Waals surface area contributed by atoms with Gasteiger partial charge in [0.05, 0.1) is 16.2 Å². The summed E-state index contributed by atoms with van der Waals surface area (Å²) in [6, 6.07) is 2.53. The lowest BCUT2D eigenvalue weighted by Gasteiger charge is -2.02. The molecule has 0 unspecified atom stereocenters. The van der Waals surface area contributed by atoms with Gasteiger partial charge >= 0.3 is 0 Å². The minimum atomic E-state index is -0.631. The third kappa shape index (κ3) is 4.02. The van der Waals surface area contributed by atoms with Crippen LogP contribution in [0.25, 0.3) is 0 Å². The first-order chi connectivity index (χ1) is 7.93. The van der Waals surface area contributed by atoms with E-state index >= 15 is 0 Å². The van der Waals surface area contributed by atoms with E-state index in [9.17, 15) is 10.1 Å². The Balaban J connectivity index is 0.00000289. The molecule has 0 aliphatic heterocycles. The zero-order valence-electron chi connectivity index (χ0n) is 8.68. The summed E-state index contributed by atoms with van der Waals surface area (Å²) in [6.07, 6.45) is 1.15. The Morgan fingerprint density at radius 2 is 2.17 bits per heavy atom. The van der Waals surface area contributed by atoms with Crippen molar-refractivity contribution >= 4 is 53.5 Å².